The molecular weight excluding hydrogens is 425 g/mol. The Balaban J connectivity index is 2.12. The summed E-state index contributed by atoms with van der Waals surface area (Å²) in [6.07, 6.45) is 3.72. The van der Waals surface area contributed by atoms with E-state index in [2.05, 4.69) is 4.98 Å². The van der Waals surface area contributed by atoms with Gasteiger partial charge >= 0.3 is 5.97 Å². The van der Waals surface area contributed by atoms with Crippen LogP contribution in [0.25, 0.3) is 28.7 Å². The summed E-state index contributed by atoms with van der Waals surface area (Å²) in [5.41, 5.74) is 2.58. The molecule has 8 heteroatoms. The quantitative estimate of drug-likeness (QED) is 0.474. The van der Waals surface area contributed by atoms with E-state index >= 15 is 0 Å². The minimum Gasteiger partial charge on any atom is -0.481 e. The third-order valence-corrected chi connectivity index (χ3v) is 5.03. The lowest BCUT2D eigenvalue weighted by molar-refractivity contribution is -0.139. The van der Waals surface area contributed by atoms with Crippen molar-refractivity contribution in [1.29, 1.82) is 0 Å². The number of halogens is 1. The molecule has 0 aliphatic carbocycles. The number of aliphatic hydroxyl groups excluding tert-OH is 2. The summed E-state index contributed by atoms with van der Waals surface area (Å²) in [6.45, 7) is 6.03. The van der Waals surface area contributed by atoms with Crippen molar-refractivity contribution in [1.82, 2.24) is 14.5 Å². The van der Waals surface area contributed by atoms with Crippen molar-refractivity contribution in [3.05, 3.63) is 66.5 Å². The molecule has 0 aliphatic heterocycles. The second kappa shape index (κ2) is 10.1. The molecule has 7 nitrogen and oxygen atoms in total. The molecule has 33 heavy (non-hydrogen) atoms. The highest BCUT2D eigenvalue weighted by Gasteiger charge is 2.27. The van der Waals surface area contributed by atoms with Crippen LogP contribution in [0.15, 0.2) is 54.9 Å². The number of carboxylic acids is 1. The van der Waals surface area contributed by atoms with E-state index in [-0.39, 0.29) is 17.7 Å². The highest BCUT2D eigenvalue weighted by Crippen LogP contribution is 2.36. The maximum Gasteiger partial charge on any atom is 0.305 e. The first-order chi connectivity index (χ1) is 15.6. The highest BCUT2D eigenvalue weighted by atomic mass is 19.1. The molecule has 0 unspecified atom stereocenters. The number of nitrogens with zero attached hydrogens (tertiary/aromatic N) is 3. The van der Waals surface area contributed by atoms with Gasteiger partial charge in [-0.3, -0.25) is 9.78 Å². The fraction of sp³-hybridized carbons (Fsp3) is 0.320. The summed E-state index contributed by atoms with van der Waals surface area (Å²) < 4.78 is 15.4. The van der Waals surface area contributed by atoms with Crippen molar-refractivity contribution in [2.75, 3.05) is 0 Å². The van der Waals surface area contributed by atoms with Gasteiger partial charge in [0.1, 0.15) is 11.6 Å². The number of hydrogen-bond donors (Lipinski definition) is 3. The zero-order chi connectivity index (χ0) is 24.2. The van der Waals surface area contributed by atoms with E-state index in [4.69, 9.17) is 10.1 Å². The Labute approximate surface area is 191 Å². The molecule has 0 amide bonds. The number of aromatic nitrogens is 3. The van der Waals surface area contributed by atoms with Crippen molar-refractivity contribution in [2.24, 2.45) is 0 Å². The van der Waals surface area contributed by atoms with Crippen molar-refractivity contribution in [2.45, 2.75) is 51.2 Å². The summed E-state index contributed by atoms with van der Waals surface area (Å²) in [7, 11) is 0. The molecule has 0 fully saturated rings. The number of aliphatic hydroxyl groups is 2. The number of carboxylic acid groups (broad SMARTS) is 1. The Morgan fingerprint density at radius 3 is 2.30 bits per heavy atom. The molecule has 3 rings (SSSR count). The Morgan fingerprint density at radius 2 is 1.73 bits per heavy atom. The molecule has 2 aromatic heterocycles. The van der Waals surface area contributed by atoms with Crippen LogP contribution in [0, 0.1) is 5.82 Å². The predicted octanol–water partition coefficient (Wildman–Crippen LogP) is 4.11. The maximum absolute atomic E-state index is 13.6. The zero-order valence-corrected chi connectivity index (χ0v) is 18.8. The van der Waals surface area contributed by atoms with E-state index in [1.54, 1.807) is 30.7 Å². The lowest BCUT2D eigenvalue weighted by Gasteiger charge is -2.19. The maximum atomic E-state index is 13.6. The van der Waals surface area contributed by atoms with Crippen LogP contribution in [0.5, 0.6) is 0 Å². The largest absolute Gasteiger partial charge is 0.481 e. The number of benzene rings is 1. The van der Waals surface area contributed by atoms with Gasteiger partial charge in [-0.2, -0.15) is 0 Å². The predicted molar refractivity (Wildman–Crippen MR) is 124 cm³/mol. The van der Waals surface area contributed by atoms with Crippen LogP contribution in [-0.4, -0.2) is 48.0 Å². The van der Waals surface area contributed by atoms with Crippen LogP contribution in [0.4, 0.5) is 4.39 Å². The molecule has 174 valence electrons. The van der Waals surface area contributed by atoms with Gasteiger partial charge in [0.15, 0.2) is 0 Å². The number of imidazole rings is 1. The van der Waals surface area contributed by atoms with Crippen molar-refractivity contribution < 1.29 is 24.5 Å². The van der Waals surface area contributed by atoms with Crippen LogP contribution in [-0.2, 0) is 10.2 Å². The Bertz CT molecular complexity index is 1120. The zero-order valence-electron chi connectivity index (χ0n) is 18.8. The van der Waals surface area contributed by atoms with Crippen LogP contribution in [0.2, 0.25) is 0 Å². The van der Waals surface area contributed by atoms with E-state index in [1.807, 2.05) is 37.5 Å². The van der Waals surface area contributed by atoms with Gasteiger partial charge in [-0.1, -0.05) is 20.8 Å². The Hall–Kier alpha value is -3.36. The lowest BCUT2D eigenvalue weighted by atomic mass is 9.95. The van der Waals surface area contributed by atoms with E-state index < -0.39 is 24.6 Å². The molecule has 3 N–H and O–H groups in total. The molecule has 0 radical (unpaired) electrons. The molecular formula is C25H28FN3O4. The number of pyridine rings is 1. The molecule has 0 spiro atoms. The summed E-state index contributed by atoms with van der Waals surface area (Å²) in [5.74, 6) is -0.766. The van der Waals surface area contributed by atoms with Gasteiger partial charge in [0.2, 0.25) is 0 Å². The average molecular weight is 454 g/mol. The molecule has 1 aromatic carbocycles. The SMILES string of the molecule is CC(C)(C)c1nc(-c2ccc(F)cc2)c(-c2ccncc2)n1C=C[C@H](O)C[C@H](O)CC(=O)O. The summed E-state index contributed by atoms with van der Waals surface area (Å²) in [5, 5.41) is 29.0. The smallest absolute Gasteiger partial charge is 0.305 e. The summed E-state index contributed by atoms with van der Waals surface area (Å²) in [4.78, 5) is 19.8. The monoisotopic (exact) mass is 453 g/mol. The second-order valence-electron chi connectivity index (χ2n) is 8.89. The first-order valence-corrected chi connectivity index (χ1v) is 10.6. The number of rotatable bonds is 8. The topological polar surface area (TPSA) is 108 Å². The average Bonchev–Trinajstić information content (AvgIpc) is 3.13. The van der Waals surface area contributed by atoms with Crippen LogP contribution in [0.1, 0.15) is 39.4 Å². The normalized spacial score (nSPS) is 13.9. The third-order valence-electron chi connectivity index (χ3n) is 5.03. The molecule has 0 bridgehead atoms. The third kappa shape index (κ3) is 6.12. The number of aliphatic carboxylic acids is 1. The minimum absolute atomic E-state index is 0.113. The highest BCUT2D eigenvalue weighted by molar-refractivity contribution is 5.80. The Kier molecular flexibility index (Phi) is 7.40. The molecule has 2 atom stereocenters. The Morgan fingerprint density at radius 1 is 1.09 bits per heavy atom. The van der Waals surface area contributed by atoms with E-state index in [0.29, 0.717) is 11.5 Å². The molecule has 3 aromatic rings. The first kappa shape index (κ1) is 24.3. The lowest BCUT2D eigenvalue weighted by Crippen LogP contribution is -2.20. The van der Waals surface area contributed by atoms with Crippen LogP contribution in [0.3, 0.4) is 0 Å². The van der Waals surface area contributed by atoms with Crippen LogP contribution >= 0.6 is 0 Å². The van der Waals surface area contributed by atoms with Gasteiger partial charge in [0.05, 0.1) is 30.0 Å². The van der Waals surface area contributed by atoms with Crippen molar-refractivity contribution >= 4 is 12.2 Å². The van der Waals surface area contributed by atoms with Crippen molar-refractivity contribution in [3.8, 4) is 22.5 Å². The van der Waals surface area contributed by atoms with E-state index in [1.165, 1.54) is 18.2 Å². The van der Waals surface area contributed by atoms with Crippen LogP contribution < -0.4 is 0 Å². The standard InChI is InChI=1S/C25H28FN3O4/c1-25(2,3)24-28-22(16-4-6-18(26)7-5-16)23(17-8-11-27-12-9-17)29(24)13-10-19(30)14-20(31)15-21(32)33/h4-13,19-20,30-31H,14-15H2,1-3H3,(H,32,33)/t19-,20-/m0/s1. The van der Waals surface area contributed by atoms with E-state index in [9.17, 15) is 19.4 Å². The molecule has 0 aliphatic rings. The molecule has 0 saturated heterocycles. The van der Waals surface area contributed by atoms with Gasteiger partial charge in [0, 0.05) is 41.6 Å². The van der Waals surface area contributed by atoms with Gasteiger partial charge in [-0.05, 0) is 42.5 Å². The van der Waals surface area contributed by atoms with Gasteiger partial charge in [-0.25, -0.2) is 9.37 Å². The fourth-order valence-corrected chi connectivity index (χ4v) is 3.53. The van der Waals surface area contributed by atoms with Crippen molar-refractivity contribution in [3.63, 3.8) is 0 Å². The fourth-order valence-electron chi connectivity index (χ4n) is 3.53. The van der Waals surface area contributed by atoms with Gasteiger partial charge in [-0.15, -0.1) is 0 Å². The number of hydrogen-bond acceptors (Lipinski definition) is 5. The minimum atomic E-state index is -1.17. The molecule has 2 heterocycles. The number of carbonyl (C=O) groups is 1. The first-order valence-electron chi connectivity index (χ1n) is 10.6. The van der Waals surface area contributed by atoms with E-state index in [0.717, 1.165) is 16.8 Å². The second-order valence-corrected chi connectivity index (χ2v) is 8.89. The summed E-state index contributed by atoms with van der Waals surface area (Å²) in [6, 6.07) is 9.78. The van der Waals surface area contributed by atoms with Gasteiger partial charge < -0.3 is 19.9 Å². The molecule has 0 saturated carbocycles. The summed E-state index contributed by atoms with van der Waals surface area (Å²) >= 11 is 0. The van der Waals surface area contributed by atoms with Gasteiger partial charge in [0.25, 0.3) is 0 Å².